The fourth-order valence-electron chi connectivity index (χ4n) is 2.63. The SMILES string of the molecule is Cc1ccc2c(CC(=O)OCC(=O)Nc3cc(Cl)ccc3[N+](=O)[O-])coc2c1. The minimum Gasteiger partial charge on any atom is -0.464 e. The lowest BCUT2D eigenvalue weighted by atomic mass is 10.1. The van der Waals surface area contributed by atoms with Gasteiger partial charge in [-0.15, -0.1) is 0 Å². The van der Waals surface area contributed by atoms with Crippen LogP contribution in [0.5, 0.6) is 0 Å². The fraction of sp³-hybridized carbons (Fsp3) is 0.158. The zero-order valence-corrected chi connectivity index (χ0v) is 15.5. The van der Waals surface area contributed by atoms with Gasteiger partial charge in [0.1, 0.15) is 11.3 Å². The van der Waals surface area contributed by atoms with Crippen LogP contribution in [0.2, 0.25) is 5.02 Å². The first-order valence-corrected chi connectivity index (χ1v) is 8.57. The number of nitro benzene ring substituents is 1. The fourth-order valence-corrected chi connectivity index (χ4v) is 2.81. The van der Waals surface area contributed by atoms with Crippen LogP contribution in [-0.2, 0) is 20.7 Å². The maximum absolute atomic E-state index is 12.0. The van der Waals surface area contributed by atoms with Gasteiger partial charge in [0.25, 0.3) is 11.6 Å². The van der Waals surface area contributed by atoms with E-state index in [1.54, 1.807) is 0 Å². The van der Waals surface area contributed by atoms with Gasteiger partial charge in [0.05, 0.1) is 17.6 Å². The molecule has 1 aromatic heterocycles. The zero-order valence-electron chi connectivity index (χ0n) is 14.7. The average molecular weight is 403 g/mol. The highest BCUT2D eigenvalue weighted by molar-refractivity contribution is 6.31. The second-order valence-corrected chi connectivity index (χ2v) is 6.50. The van der Waals surface area contributed by atoms with Crippen molar-refractivity contribution in [2.24, 2.45) is 0 Å². The molecule has 9 heteroatoms. The predicted molar refractivity (Wildman–Crippen MR) is 102 cm³/mol. The smallest absolute Gasteiger partial charge is 0.310 e. The summed E-state index contributed by atoms with van der Waals surface area (Å²) in [5, 5.41) is 14.3. The number of amides is 1. The van der Waals surface area contributed by atoms with Crippen LogP contribution in [0.1, 0.15) is 11.1 Å². The summed E-state index contributed by atoms with van der Waals surface area (Å²) in [5.74, 6) is -1.34. The van der Waals surface area contributed by atoms with Crippen LogP contribution >= 0.6 is 11.6 Å². The van der Waals surface area contributed by atoms with Gasteiger partial charge in [0, 0.05) is 22.0 Å². The highest BCUT2D eigenvalue weighted by Gasteiger charge is 2.18. The molecule has 0 radical (unpaired) electrons. The molecule has 0 aliphatic heterocycles. The lowest BCUT2D eigenvalue weighted by molar-refractivity contribution is -0.383. The highest BCUT2D eigenvalue weighted by atomic mass is 35.5. The van der Waals surface area contributed by atoms with Crippen molar-refractivity contribution < 1.29 is 23.7 Å². The minimum atomic E-state index is -0.716. The van der Waals surface area contributed by atoms with Gasteiger partial charge >= 0.3 is 5.97 Å². The quantitative estimate of drug-likeness (QED) is 0.378. The molecule has 0 fully saturated rings. The molecule has 144 valence electrons. The normalized spacial score (nSPS) is 10.6. The molecule has 1 heterocycles. The molecule has 0 unspecified atom stereocenters. The molecule has 0 aliphatic rings. The number of carbonyl (C=O) groups excluding carboxylic acids is 2. The first kappa shape index (κ1) is 19.4. The molecule has 2 aromatic carbocycles. The van der Waals surface area contributed by atoms with Gasteiger partial charge in [-0.05, 0) is 30.7 Å². The Morgan fingerprint density at radius 3 is 2.79 bits per heavy atom. The Kier molecular flexibility index (Phi) is 5.60. The van der Waals surface area contributed by atoms with E-state index in [1.807, 2.05) is 25.1 Å². The third-order valence-corrected chi connectivity index (χ3v) is 4.17. The summed E-state index contributed by atoms with van der Waals surface area (Å²) in [7, 11) is 0. The first-order chi connectivity index (χ1) is 13.3. The van der Waals surface area contributed by atoms with Crippen molar-refractivity contribution in [2.45, 2.75) is 13.3 Å². The van der Waals surface area contributed by atoms with Crippen LogP contribution in [0.3, 0.4) is 0 Å². The number of nitrogens with one attached hydrogen (secondary N) is 1. The minimum absolute atomic E-state index is 0.0688. The number of esters is 1. The summed E-state index contributed by atoms with van der Waals surface area (Å²) in [6.07, 6.45) is 1.40. The summed E-state index contributed by atoms with van der Waals surface area (Å²) >= 11 is 5.80. The van der Waals surface area contributed by atoms with Crippen molar-refractivity contribution in [3.05, 3.63) is 68.9 Å². The van der Waals surface area contributed by atoms with Crippen molar-refractivity contribution in [3.63, 3.8) is 0 Å². The number of rotatable bonds is 6. The van der Waals surface area contributed by atoms with E-state index in [4.69, 9.17) is 20.8 Å². The number of benzene rings is 2. The van der Waals surface area contributed by atoms with Gasteiger partial charge in [-0.3, -0.25) is 19.7 Å². The second-order valence-electron chi connectivity index (χ2n) is 6.06. The number of nitro groups is 1. The molecular formula is C19H15ClN2O6. The van der Waals surface area contributed by atoms with E-state index in [-0.39, 0.29) is 22.8 Å². The number of ether oxygens (including phenoxy) is 1. The Labute approximate surface area is 164 Å². The summed E-state index contributed by atoms with van der Waals surface area (Å²) in [6.45, 7) is 1.34. The van der Waals surface area contributed by atoms with Gasteiger partial charge in [-0.25, -0.2) is 0 Å². The maximum atomic E-state index is 12.0. The molecule has 3 aromatic rings. The topological polar surface area (TPSA) is 112 Å². The Hall–Kier alpha value is -3.39. The Morgan fingerprint density at radius 1 is 1.25 bits per heavy atom. The molecule has 0 saturated heterocycles. The number of aryl methyl sites for hydroxylation is 1. The van der Waals surface area contributed by atoms with Crippen molar-refractivity contribution in [1.82, 2.24) is 0 Å². The highest BCUT2D eigenvalue weighted by Crippen LogP contribution is 2.27. The van der Waals surface area contributed by atoms with Gasteiger partial charge in [0.15, 0.2) is 6.61 Å². The van der Waals surface area contributed by atoms with Gasteiger partial charge in [-0.2, -0.15) is 0 Å². The number of carbonyl (C=O) groups is 2. The van der Waals surface area contributed by atoms with Crippen LogP contribution in [0.4, 0.5) is 11.4 Å². The maximum Gasteiger partial charge on any atom is 0.310 e. The van der Waals surface area contributed by atoms with E-state index in [2.05, 4.69) is 5.32 Å². The summed E-state index contributed by atoms with van der Waals surface area (Å²) in [4.78, 5) is 34.4. The van der Waals surface area contributed by atoms with Crippen LogP contribution < -0.4 is 5.32 Å². The first-order valence-electron chi connectivity index (χ1n) is 8.19. The molecule has 0 atom stereocenters. The Balaban J connectivity index is 1.59. The molecule has 3 rings (SSSR count). The molecule has 8 nitrogen and oxygen atoms in total. The zero-order chi connectivity index (χ0) is 20.3. The number of hydrogen-bond acceptors (Lipinski definition) is 6. The predicted octanol–water partition coefficient (Wildman–Crippen LogP) is 4.03. The molecule has 0 aliphatic carbocycles. The van der Waals surface area contributed by atoms with Gasteiger partial charge in [-0.1, -0.05) is 23.7 Å². The second kappa shape index (κ2) is 8.10. The molecular weight excluding hydrogens is 388 g/mol. The standard InChI is InChI=1S/C19H15ClN2O6/c1-11-2-4-14-12(9-27-17(14)6-11)7-19(24)28-10-18(23)21-15-8-13(20)3-5-16(15)22(25)26/h2-6,8-9H,7,10H2,1H3,(H,21,23). The monoisotopic (exact) mass is 402 g/mol. The molecule has 0 bridgehead atoms. The van der Waals surface area contributed by atoms with Crippen LogP contribution in [0.25, 0.3) is 11.0 Å². The molecule has 0 spiro atoms. The van der Waals surface area contributed by atoms with Gasteiger partial charge in [0.2, 0.25) is 0 Å². The third kappa shape index (κ3) is 4.47. The Bertz CT molecular complexity index is 1080. The molecule has 0 saturated carbocycles. The van der Waals surface area contributed by atoms with Crippen molar-refractivity contribution in [1.29, 1.82) is 0 Å². The molecule has 1 N–H and O–H groups in total. The third-order valence-electron chi connectivity index (χ3n) is 3.94. The van der Waals surface area contributed by atoms with Crippen LogP contribution in [0.15, 0.2) is 47.1 Å². The molecule has 28 heavy (non-hydrogen) atoms. The lowest BCUT2D eigenvalue weighted by Gasteiger charge is -2.07. The van der Waals surface area contributed by atoms with E-state index in [0.717, 1.165) is 10.9 Å². The van der Waals surface area contributed by atoms with Crippen molar-refractivity contribution in [3.8, 4) is 0 Å². The summed E-state index contributed by atoms with van der Waals surface area (Å²) < 4.78 is 10.4. The van der Waals surface area contributed by atoms with E-state index in [9.17, 15) is 19.7 Å². The van der Waals surface area contributed by atoms with E-state index in [1.165, 1.54) is 24.5 Å². The number of halogens is 1. The van der Waals surface area contributed by atoms with E-state index < -0.39 is 23.4 Å². The van der Waals surface area contributed by atoms with Crippen molar-refractivity contribution >= 4 is 45.8 Å². The summed E-state index contributed by atoms with van der Waals surface area (Å²) in [5.41, 5.74) is 1.95. The number of fused-ring (bicyclic) bond motifs is 1. The van der Waals surface area contributed by atoms with Crippen molar-refractivity contribution in [2.75, 3.05) is 11.9 Å². The lowest BCUT2D eigenvalue weighted by Crippen LogP contribution is -2.22. The van der Waals surface area contributed by atoms with E-state index in [0.29, 0.717) is 11.1 Å². The largest absolute Gasteiger partial charge is 0.464 e. The van der Waals surface area contributed by atoms with Crippen LogP contribution in [0, 0.1) is 17.0 Å². The number of hydrogen-bond donors (Lipinski definition) is 1. The summed E-state index contributed by atoms with van der Waals surface area (Å²) in [6, 6.07) is 9.37. The van der Waals surface area contributed by atoms with Gasteiger partial charge < -0.3 is 14.5 Å². The number of nitrogens with zero attached hydrogens (tertiary/aromatic N) is 1. The Morgan fingerprint density at radius 2 is 2.04 bits per heavy atom. The number of furan rings is 1. The number of anilines is 1. The van der Waals surface area contributed by atoms with Crippen LogP contribution in [-0.4, -0.2) is 23.4 Å². The molecule has 1 amide bonds. The average Bonchev–Trinajstić information content (AvgIpc) is 3.01. The van der Waals surface area contributed by atoms with E-state index >= 15 is 0 Å².